The number of piperidine rings is 1. The summed E-state index contributed by atoms with van der Waals surface area (Å²) >= 11 is 0. The van der Waals surface area contributed by atoms with Gasteiger partial charge in [-0.2, -0.15) is 0 Å². The Balaban J connectivity index is 1.26. The van der Waals surface area contributed by atoms with Gasteiger partial charge in [0.25, 0.3) is 5.91 Å². The average molecular weight is 461 g/mol. The number of aromatic nitrogens is 2. The Morgan fingerprint density at radius 1 is 1.09 bits per heavy atom. The molecule has 2 aliphatic heterocycles. The zero-order valence-corrected chi connectivity index (χ0v) is 20.7. The number of amides is 1. The topological polar surface area (TPSA) is 62.5 Å². The molecule has 2 saturated heterocycles. The molecule has 1 atom stereocenters. The molecule has 0 bridgehead atoms. The molecular weight excluding hydrogens is 424 g/mol. The Hall–Kier alpha value is -2.73. The Bertz CT molecular complexity index is 1160. The van der Waals surface area contributed by atoms with Crippen molar-refractivity contribution >= 4 is 16.9 Å². The summed E-state index contributed by atoms with van der Waals surface area (Å²) in [5.41, 5.74) is 3.65. The number of carbonyl (C=O) groups is 1. The second-order valence-corrected chi connectivity index (χ2v) is 10.7. The summed E-state index contributed by atoms with van der Waals surface area (Å²) < 4.78 is 5.58. The fourth-order valence-corrected chi connectivity index (χ4v) is 5.48. The predicted octanol–water partition coefficient (Wildman–Crippen LogP) is 5.00. The molecule has 0 unspecified atom stereocenters. The van der Waals surface area contributed by atoms with Crippen molar-refractivity contribution in [1.29, 1.82) is 0 Å². The SMILES string of the molecule is Cc1cc(C(=O)N2CCC[C@H](Cc3ccc4ccoc4c3)CC2)nc(C2(C)CCN(C)CC2)n1. The fourth-order valence-electron chi connectivity index (χ4n) is 5.48. The molecular formula is C28H36N4O2. The van der Waals surface area contributed by atoms with Crippen LogP contribution in [0, 0.1) is 12.8 Å². The van der Waals surface area contributed by atoms with Crippen LogP contribution >= 0.6 is 0 Å². The third kappa shape index (κ3) is 4.88. The van der Waals surface area contributed by atoms with Gasteiger partial charge in [-0.15, -0.1) is 0 Å². The Morgan fingerprint density at radius 3 is 2.74 bits per heavy atom. The van der Waals surface area contributed by atoms with Crippen molar-refractivity contribution in [3.8, 4) is 0 Å². The van der Waals surface area contributed by atoms with E-state index < -0.39 is 0 Å². The zero-order chi connectivity index (χ0) is 23.7. The monoisotopic (exact) mass is 460 g/mol. The van der Waals surface area contributed by atoms with Crippen LogP contribution in [0.1, 0.15) is 66.6 Å². The highest BCUT2D eigenvalue weighted by Gasteiger charge is 2.34. The summed E-state index contributed by atoms with van der Waals surface area (Å²) in [7, 11) is 2.16. The second kappa shape index (κ2) is 9.49. The Kier molecular flexibility index (Phi) is 6.43. The first-order valence-electron chi connectivity index (χ1n) is 12.7. The molecule has 2 aliphatic rings. The average Bonchev–Trinajstić information content (AvgIpc) is 3.18. The second-order valence-electron chi connectivity index (χ2n) is 10.7. The lowest BCUT2D eigenvalue weighted by molar-refractivity contribution is 0.0752. The molecule has 1 aromatic carbocycles. The van der Waals surface area contributed by atoms with Crippen LogP contribution in [0.15, 0.2) is 41.0 Å². The molecule has 5 rings (SSSR count). The highest BCUT2D eigenvalue weighted by Crippen LogP contribution is 2.33. The van der Waals surface area contributed by atoms with Crippen LogP contribution in [0.5, 0.6) is 0 Å². The van der Waals surface area contributed by atoms with Crippen molar-refractivity contribution in [2.75, 3.05) is 33.2 Å². The van der Waals surface area contributed by atoms with Crippen molar-refractivity contribution in [1.82, 2.24) is 19.8 Å². The van der Waals surface area contributed by atoms with E-state index in [0.717, 1.165) is 87.2 Å². The lowest BCUT2D eigenvalue weighted by atomic mass is 9.79. The van der Waals surface area contributed by atoms with Gasteiger partial charge in [-0.1, -0.05) is 19.1 Å². The first-order valence-corrected chi connectivity index (χ1v) is 12.7. The molecule has 0 aliphatic carbocycles. The van der Waals surface area contributed by atoms with Crippen molar-refractivity contribution in [2.24, 2.45) is 5.92 Å². The number of furan rings is 1. The minimum absolute atomic E-state index is 0.0564. The molecule has 2 aromatic heterocycles. The van der Waals surface area contributed by atoms with Crippen molar-refractivity contribution < 1.29 is 9.21 Å². The van der Waals surface area contributed by atoms with Gasteiger partial charge in [-0.25, -0.2) is 9.97 Å². The number of likely N-dealkylation sites (tertiary alicyclic amines) is 2. The molecule has 1 amide bonds. The Labute approximate surface area is 202 Å². The molecule has 0 N–H and O–H groups in total. The van der Waals surface area contributed by atoms with Gasteiger partial charge in [0, 0.05) is 29.6 Å². The number of aryl methyl sites for hydroxylation is 1. The van der Waals surface area contributed by atoms with Crippen LogP contribution in [0.3, 0.4) is 0 Å². The molecule has 6 heteroatoms. The number of fused-ring (bicyclic) bond motifs is 1. The lowest BCUT2D eigenvalue weighted by Gasteiger charge is -2.36. The first kappa shape index (κ1) is 23.0. The molecule has 0 saturated carbocycles. The normalized spacial score (nSPS) is 21.5. The van der Waals surface area contributed by atoms with E-state index in [4.69, 9.17) is 14.4 Å². The van der Waals surface area contributed by atoms with E-state index in [1.165, 1.54) is 5.56 Å². The summed E-state index contributed by atoms with van der Waals surface area (Å²) in [5, 5.41) is 1.15. The predicted molar refractivity (Wildman–Crippen MR) is 134 cm³/mol. The number of benzene rings is 1. The number of nitrogens with zero attached hydrogens (tertiary/aromatic N) is 4. The van der Waals surface area contributed by atoms with E-state index in [9.17, 15) is 4.79 Å². The van der Waals surface area contributed by atoms with Crippen LogP contribution in [-0.2, 0) is 11.8 Å². The van der Waals surface area contributed by atoms with Gasteiger partial charge >= 0.3 is 0 Å². The van der Waals surface area contributed by atoms with Gasteiger partial charge in [0.05, 0.1) is 6.26 Å². The Morgan fingerprint density at radius 2 is 1.91 bits per heavy atom. The summed E-state index contributed by atoms with van der Waals surface area (Å²) in [6.07, 6.45) is 8.01. The molecule has 6 nitrogen and oxygen atoms in total. The summed E-state index contributed by atoms with van der Waals surface area (Å²) in [4.78, 5) is 27.5. The minimum Gasteiger partial charge on any atom is -0.464 e. The van der Waals surface area contributed by atoms with Gasteiger partial charge in [-0.3, -0.25) is 4.79 Å². The number of rotatable bonds is 4. The largest absolute Gasteiger partial charge is 0.464 e. The third-order valence-electron chi connectivity index (χ3n) is 7.88. The van der Waals surface area contributed by atoms with E-state index >= 15 is 0 Å². The van der Waals surface area contributed by atoms with E-state index in [0.29, 0.717) is 11.6 Å². The van der Waals surface area contributed by atoms with Crippen molar-refractivity contribution in [3.05, 3.63) is 59.4 Å². The summed E-state index contributed by atoms with van der Waals surface area (Å²) in [5.74, 6) is 1.47. The van der Waals surface area contributed by atoms with Crippen molar-refractivity contribution in [2.45, 2.75) is 57.8 Å². The van der Waals surface area contributed by atoms with E-state index in [2.05, 4.69) is 37.1 Å². The van der Waals surface area contributed by atoms with Gasteiger partial charge in [0.1, 0.15) is 17.1 Å². The zero-order valence-electron chi connectivity index (χ0n) is 20.7. The van der Waals surface area contributed by atoms with Crippen LogP contribution in [0.4, 0.5) is 0 Å². The number of hydrogen-bond acceptors (Lipinski definition) is 5. The van der Waals surface area contributed by atoms with Gasteiger partial charge < -0.3 is 14.2 Å². The van der Waals surface area contributed by atoms with Crippen molar-refractivity contribution in [3.63, 3.8) is 0 Å². The maximum atomic E-state index is 13.5. The van der Waals surface area contributed by atoms with Gasteiger partial charge in [0.2, 0.25) is 0 Å². The highest BCUT2D eigenvalue weighted by atomic mass is 16.3. The minimum atomic E-state index is -0.0630. The first-order chi connectivity index (χ1) is 16.4. The van der Waals surface area contributed by atoms with Crippen LogP contribution in [-0.4, -0.2) is 58.9 Å². The molecule has 4 heterocycles. The molecule has 2 fully saturated rings. The van der Waals surface area contributed by atoms with Crippen LogP contribution in [0.2, 0.25) is 0 Å². The maximum absolute atomic E-state index is 13.5. The van der Waals surface area contributed by atoms with Crippen LogP contribution < -0.4 is 0 Å². The van der Waals surface area contributed by atoms with E-state index in [1.54, 1.807) is 6.26 Å². The number of hydrogen-bond donors (Lipinski definition) is 0. The maximum Gasteiger partial charge on any atom is 0.272 e. The summed E-state index contributed by atoms with van der Waals surface area (Å²) in [6.45, 7) is 7.89. The third-order valence-corrected chi connectivity index (χ3v) is 7.88. The highest BCUT2D eigenvalue weighted by molar-refractivity contribution is 5.92. The molecule has 34 heavy (non-hydrogen) atoms. The van der Waals surface area contributed by atoms with E-state index in [-0.39, 0.29) is 11.3 Å². The molecule has 0 radical (unpaired) electrons. The molecule has 180 valence electrons. The van der Waals surface area contributed by atoms with E-state index in [1.807, 2.05) is 24.0 Å². The quantitative estimate of drug-likeness (QED) is 0.548. The lowest BCUT2D eigenvalue weighted by Crippen LogP contribution is -2.40. The molecule has 0 spiro atoms. The smallest absolute Gasteiger partial charge is 0.272 e. The van der Waals surface area contributed by atoms with Gasteiger partial charge in [0.15, 0.2) is 0 Å². The van der Waals surface area contributed by atoms with Gasteiger partial charge in [-0.05, 0) is 95.3 Å². The number of carbonyl (C=O) groups excluding carboxylic acids is 1. The standard InChI is InChI=1S/C28H36N4O2/c1-20-17-24(30-27(29-20)28(2)10-14-31(3)15-11-28)26(33)32-12-4-5-21(8-13-32)18-22-6-7-23-9-16-34-25(23)19-22/h6-7,9,16-17,19,21H,4-5,8,10-15,18H2,1-3H3/t21-/m0/s1. The molecule has 3 aromatic rings. The summed E-state index contributed by atoms with van der Waals surface area (Å²) in [6, 6.07) is 10.4. The fraction of sp³-hybridized carbons (Fsp3) is 0.536. The van der Waals surface area contributed by atoms with Crippen LogP contribution in [0.25, 0.3) is 11.0 Å².